The number of rotatable bonds is 4. The Morgan fingerprint density at radius 1 is 1.36 bits per heavy atom. The lowest BCUT2D eigenvalue weighted by Gasteiger charge is -2.37. The number of carbonyl (C=O) groups is 1. The summed E-state index contributed by atoms with van der Waals surface area (Å²) < 4.78 is 22.6. The molecule has 5 nitrogen and oxygen atoms in total. The van der Waals surface area contributed by atoms with Crippen LogP contribution in [0, 0.1) is 11.3 Å². The SMILES string of the molecule is C=CCC12CC(OC)C(=O)C=C1OC(c1ccc3c(c1)OCO3)C2C. The van der Waals surface area contributed by atoms with Gasteiger partial charge in [-0.15, -0.1) is 6.58 Å². The minimum atomic E-state index is -0.426. The van der Waals surface area contributed by atoms with E-state index in [9.17, 15) is 4.79 Å². The van der Waals surface area contributed by atoms with E-state index in [0.29, 0.717) is 6.42 Å². The normalized spacial score (nSPS) is 32.8. The van der Waals surface area contributed by atoms with Gasteiger partial charge in [-0.3, -0.25) is 4.79 Å². The number of benzene rings is 1. The van der Waals surface area contributed by atoms with Crippen molar-refractivity contribution in [3.05, 3.63) is 48.3 Å². The van der Waals surface area contributed by atoms with E-state index in [1.807, 2.05) is 24.3 Å². The Bertz CT molecular complexity index is 752. The summed E-state index contributed by atoms with van der Waals surface area (Å²) in [5.74, 6) is 2.38. The molecule has 0 saturated carbocycles. The molecule has 25 heavy (non-hydrogen) atoms. The van der Waals surface area contributed by atoms with Crippen LogP contribution >= 0.6 is 0 Å². The predicted octanol–water partition coefficient (Wildman–Crippen LogP) is 3.56. The van der Waals surface area contributed by atoms with E-state index in [0.717, 1.165) is 29.2 Å². The summed E-state index contributed by atoms with van der Waals surface area (Å²) in [6.07, 6.45) is 4.30. The Kier molecular flexibility index (Phi) is 3.84. The topological polar surface area (TPSA) is 54.0 Å². The number of ketones is 1. The van der Waals surface area contributed by atoms with Crippen molar-refractivity contribution in [3.63, 3.8) is 0 Å². The van der Waals surface area contributed by atoms with Gasteiger partial charge in [-0.25, -0.2) is 0 Å². The smallest absolute Gasteiger partial charge is 0.231 e. The van der Waals surface area contributed by atoms with Crippen LogP contribution in [0.2, 0.25) is 0 Å². The third-order valence-electron chi connectivity index (χ3n) is 5.73. The second-order valence-corrected chi connectivity index (χ2v) is 6.93. The van der Waals surface area contributed by atoms with Crippen molar-refractivity contribution < 1.29 is 23.7 Å². The molecule has 4 atom stereocenters. The Balaban J connectivity index is 1.73. The Morgan fingerprint density at radius 3 is 2.92 bits per heavy atom. The first-order valence-electron chi connectivity index (χ1n) is 8.55. The fourth-order valence-electron chi connectivity index (χ4n) is 4.26. The molecule has 1 fully saturated rings. The lowest BCUT2D eigenvalue weighted by molar-refractivity contribution is -0.127. The van der Waals surface area contributed by atoms with Gasteiger partial charge >= 0.3 is 0 Å². The van der Waals surface area contributed by atoms with Crippen LogP contribution in [-0.4, -0.2) is 25.8 Å². The number of ether oxygens (including phenoxy) is 4. The minimum absolute atomic E-state index is 0.0317. The highest BCUT2D eigenvalue weighted by atomic mass is 16.7. The second-order valence-electron chi connectivity index (χ2n) is 6.93. The van der Waals surface area contributed by atoms with Gasteiger partial charge in [-0.2, -0.15) is 0 Å². The molecule has 0 spiro atoms. The lowest BCUT2D eigenvalue weighted by atomic mass is 9.65. The number of carbonyl (C=O) groups excluding carboxylic acids is 1. The summed E-state index contributed by atoms with van der Waals surface area (Å²) in [5, 5.41) is 0. The van der Waals surface area contributed by atoms with Crippen LogP contribution in [0.15, 0.2) is 42.7 Å². The van der Waals surface area contributed by atoms with E-state index in [1.54, 1.807) is 13.2 Å². The summed E-state index contributed by atoms with van der Waals surface area (Å²) in [6.45, 7) is 6.33. The summed E-state index contributed by atoms with van der Waals surface area (Å²) in [4.78, 5) is 12.3. The van der Waals surface area contributed by atoms with E-state index in [1.165, 1.54) is 0 Å². The van der Waals surface area contributed by atoms with Crippen molar-refractivity contribution >= 4 is 5.78 Å². The van der Waals surface area contributed by atoms with Crippen molar-refractivity contribution in [2.45, 2.75) is 32.0 Å². The van der Waals surface area contributed by atoms with Crippen LogP contribution < -0.4 is 9.47 Å². The zero-order valence-electron chi connectivity index (χ0n) is 14.5. The zero-order valence-corrected chi connectivity index (χ0v) is 14.5. The van der Waals surface area contributed by atoms with Gasteiger partial charge in [0.15, 0.2) is 17.3 Å². The van der Waals surface area contributed by atoms with Gasteiger partial charge in [-0.1, -0.05) is 19.1 Å². The number of fused-ring (bicyclic) bond motifs is 2. The summed E-state index contributed by atoms with van der Waals surface area (Å²) in [5.41, 5.74) is 0.758. The molecule has 1 aliphatic carbocycles. The molecule has 0 amide bonds. The fourth-order valence-corrected chi connectivity index (χ4v) is 4.26. The second kappa shape index (κ2) is 5.92. The molecule has 4 unspecified atom stereocenters. The van der Waals surface area contributed by atoms with E-state index < -0.39 is 6.10 Å². The van der Waals surface area contributed by atoms with Gasteiger partial charge in [0, 0.05) is 24.5 Å². The standard InChI is InChI=1S/C20H22O5/c1-4-7-20-10-17(22-3)14(21)9-18(20)25-19(12(20)2)13-5-6-15-16(8-13)24-11-23-15/h4-6,8-9,12,17,19H,1,7,10-11H2,2-3H3. The maximum Gasteiger partial charge on any atom is 0.231 e. The number of methoxy groups -OCH3 is 1. The Labute approximate surface area is 147 Å². The van der Waals surface area contributed by atoms with E-state index in [4.69, 9.17) is 18.9 Å². The van der Waals surface area contributed by atoms with Crippen LogP contribution in [0.25, 0.3) is 0 Å². The molecule has 2 heterocycles. The average Bonchev–Trinajstić information content (AvgIpc) is 3.18. The zero-order chi connectivity index (χ0) is 17.6. The summed E-state index contributed by atoms with van der Waals surface area (Å²) in [7, 11) is 1.58. The molecule has 1 saturated heterocycles. The summed E-state index contributed by atoms with van der Waals surface area (Å²) >= 11 is 0. The van der Waals surface area contributed by atoms with Crippen LogP contribution in [0.3, 0.4) is 0 Å². The van der Waals surface area contributed by atoms with E-state index >= 15 is 0 Å². The van der Waals surface area contributed by atoms with Gasteiger partial charge in [0.25, 0.3) is 0 Å². The predicted molar refractivity (Wildman–Crippen MR) is 91.3 cm³/mol. The molecule has 0 bridgehead atoms. The van der Waals surface area contributed by atoms with Crippen molar-refractivity contribution in [3.8, 4) is 11.5 Å². The molecule has 1 aromatic rings. The first-order valence-corrected chi connectivity index (χ1v) is 8.55. The maximum atomic E-state index is 12.3. The molecule has 4 rings (SSSR count). The quantitative estimate of drug-likeness (QED) is 0.783. The average molecular weight is 342 g/mol. The van der Waals surface area contributed by atoms with Gasteiger partial charge in [0.05, 0.1) is 0 Å². The largest absolute Gasteiger partial charge is 0.489 e. The lowest BCUT2D eigenvalue weighted by Crippen LogP contribution is -2.39. The van der Waals surface area contributed by atoms with Gasteiger partial charge in [-0.05, 0) is 30.5 Å². The highest BCUT2D eigenvalue weighted by molar-refractivity contribution is 5.95. The highest BCUT2D eigenvalue weighted by Gasteiger charge is 2.55. The number of hydrogen-bond acceptors (Lipinski definition) is 5. The van der Waals surface area contributed by atoms with Crippen LogP contribution in [0.1, 0.15) is 31.4 Å². The van der Waals surface area contributed by atoms with E-state index in [-0.39, 0.29) is 30.0 Å². The van der Waals surface area contributed by atoms with Gasteiger partial charge < -0.3 is 18.9 Å². The molecular formula is C20H22O5. The molecular weight excluding hydrogens is 320 g/mol. The third-order valence-corrected chi connectivity index (χ3v) is 5.73. The molecule has 5 heteroatoms. The van der Waals surface area contributed by atoms with Crippen LogP contribution in [-0.2, 0) is 14.3 Å². The third kappa shape index (κ3) is 2.37. The summed E-state index contributed by atoms with van der Waals surface area (Å²) in [6, 6.07) is 5.88. The van der Waals surface area contributed by atoms with E-state index in [2.05, 4.69) is 13.5 Å². The number of hydrogen-bond donors (Lipinski definition) is 0. The molecule has 2 aliphatic heterocycles. The first-order chi connectivity index (χ1) is 12.1. The number of allylic oxidation sites excluding steroid dienone is 2. The Hall–Kier alpha value is -2.27. The fraction of sp³-hybridized carbons (Fsp3) is 0.450. The van der Waals surface area contributed by atoms with Crippen LogP contribution in [0.4, 0.5) is 0 Å². The van der Waals surface area contributed by atoms with Gasteiger partial charge in [0.2, 0.25) is 6.79 Å². The molecule has 0 radical (unpaired) electrons. The van der Waals surface area contributed by atoms with Gasteiger partial charge in [0.1, 0.15) is 18.0 Å². The van der Waals surface area contributed by atoms with Crippen molar-refractivity contribution in [1.82, 2.24) is 0 Å². The molecule has 132 valence electrons. The molecule has 0 N–H and O–H groups in total. The van der Waals surface area contributed by atoms with Crippen LogP contribution in [0.5, 0.6) is 11.5 Å². The molecule has 3 aliphatic rings. The first kappa shape index (κ1) is 16.2. The minimum Gasteiger partial charge on any atom is -0.489 e. The monoisotopic (exact) mass is 342 g/mol. The van der Waals surface area contributed by atoms with Crippen molar-refractivity contribution in [2.75, 3.05) is 13.9 Å². The Morgan fingerprint density at radius 2 is 2.16 bits per heavy atom. The molecule has 1 aromatic carbocycles. The van der Waals surface area contributed by atoms with Crippen molar-refractivity contribution in [1.29, 1.82) is 0 Å². The highest BCUT2D eigenvalue weighted by Crippen LogP contribution is 2.59. The molecule has 0 aromatic heterocycles. The van der Waals surface area contributed by atoms with Crippen molar-refractivity contribution in [2.24, 2.45) is 11.3 Å². The maximum absolute atomic E-state index is 12.3.